The van der Waals surface area contributed by atoms with Crippen LogP contribution in [-0.4, -0.2) is 113 Å². The van der Waals surface area contributed by atoms with Crippen LogP contribution < -0.4 is 4.74 Å². The zero-order chi connectivity index (χ0) is 25.8. The van der Waals surface area contributed by atoms with Crippen molar-refractivity contribution in [1.29, 1.82) is 0 Å². The Kier molecular flexibility index (Phi) is 12.5. The van der Waals surface area contributed by atoms with Crippen molar-refractivity contribution < 1.29 is 18.5 Å². The molecule has 1 aliphatic heterocycles. The lowest BCUT2D eigenvalue weighted by atomic mass is 9.98. The summed E-state index contributed by atoms with van der Waals surface area (Å²) in [6.07, 6.45) is 3.99. The zero-order valence-corrected chi connectivity index (χ0v) is 23.4. The minimum absolute atomic E-state index is 0.359. The van der Waals surface area contributed by atoms with Gasteiger partial charge in [0, 0.05) is 69.4 Å². The van der Waals surface area contributed by atoms with Crippen LogP contribution in [0.4, 0.5) is 0 Å². The van der Waals surface area contributed by atoms with E-state index in [1.54, 1.807) is 14.2 Å². The van der Waals surface area contributed by atoms with E-state index in [0.717, 1.165) is 43.7 Å². The number of fused-ring (bicyclic) bond motifs is 1. The number of carbonyl (C=O) groups is 1. The highest BCUT2D eigenvalue weighted by Gasteiger charge is 2.18. The summed E-state index contributed by atoms with van der Waals surface area (Å²) >= 11 is 1.26. The average Bonchev–Trinajstić information content (AvgIpc) is 3.19. The molecule has 0 aliphatic carbocycles. The summed E-state index contributed by atoms with van der Waals surface area (Å²) in [5.74, 6) is 0.815. The Balaban J connectivity index is 0.000000328. The van der Waals surface area contributed by atoms with Gasteiger partial charge in [-0.2, -0.15) is 0 Å². The van der Waals surface area contributed by atoms with Gasteiger partial charge in [0.2, 0.25) is 0 Å². The average molecular weight is 509 g/mol. The van der Waals surface area contributed by atoms with Crippen LogP contribution in [0.2, 0.25) is 0 Å². The number of hydrogen-bond donors (Lipinski definition) is 0. The Bertz CT molecular complexity index is 892. The van der Waals surface area contributed by atoms with Crippen LogP contribution in [0.3, 0.4) is 0 Å². The predicted molar refractivity (Wildman–Crippen MR) is 145 cm³/mol. The van der Waals surface area contributed by atoms with E-state index in [-0.39, 0.29) is 0 Å². The lowest BCUT2D eigenvalue weighted by Gasteiger charge is -2.31. The standard InChI is InChI=1S/C18H26N2O3S.C8H18N2O/c1-18(2,12-21)13-23-24-20-11-14(8-9-19(3)4)16-7-6-15(22-5)10-17(16)20;1-9-3-5-10(6-4-9)7-8-11-2/h6-7,10-12H,8-9,13H2,1-5H3;3-8H2,1-2H3. The molecule has 2 heterocycles. The maximum Gasteiger partial charge on any atom is 0.127 e. The number of carbonyl (C=O) groups excluding carboxylic acids is 1. The first-order valence-electron chi connectivity index (χ1n) is 12.2. The van der Waals surface area contributed by atoms with E-state index in [1.807, 2.05) is 30.0 Å². The topological polar surface area (TPSA) is 59.4 Å². The molecule has 8 nitrogen and oxygen atoms in total. The molecule has 0 radical (unpaired) electrons. The van der Waals surface area contributed by atoms with Crippen molar-refractivity contribution in [2.24, 2.45) is 5.41 Å². The first-order chi connectivity index (χ1) is 16.7. The van der Waals surface area contributed by atoms with Crippen molar-refractivity contribution in [3.8, 4) is 5.75 Å². The fourth-order valence-electron chi connectivity index (χ4n) is 3.54. The van der Waals surface area contributed by atoms with Crippen molar-refractivity contribution in [3.05, 3.63) is 30.0 Å². The second-order valence-corrected chi connectivity index (χ2v) is 10.8. The third kappa shape index (κ3) is 10.1. The Morgan fingerprint density at radius 2 is 1.86 bits per heavy atom. The smallest absolute Gasteiger partial charge is 0.127 e. The van der Waals surface area contributed by atoms with Crippen LogP contribution in [0.15, 0.2) is 24.4 Å². The quantitative estimate of drug-likeness (QED) is 0.320. The molecule has 1 aromatic carbocycles. The molecule has 9 heteroatoms. The third-order valence-electron chi connectivity index (χ3n) is 5.98. The Hall–Kier alpha value is -1.62. The van der Waals surface area contributed by atoms with Crippen molar-refractivity contribution in [3.63, 3.8) is 0 Å². The number of piperazine rings is 1. The Morgan fingerprint density at radius 3 is 2.46 bits per heavy atom. The largest absolute Gasteiger partial charge is 0.497 e. The normalized spacial score (nSPS) is 15.3. The number of aromatic nitrogens is 1. The van der Waals surface area contributed by atoms with Gasteiger partial charge in [0.1, 0.15) is 24.3 Å². The predicted octanol–water partition coefficient (Wildman–Crippen LogP) is 3.29. The second-order valence-electron chi connectivity index (χ2n) is 10.00. The molecule has 0 saturated carbocycles. The van der Waals surface area contributed by atoms with E-state index in [4.69, 9.17) is 13.7 Å². The van der Waals surface area contributed by atoms with Crippen molar-refractivity contribution in [2.75, 3.05) is 87.8 Å². The van der Waals surface area contributed by atoms with Gasteiger partial charge >= 0.3 is 0 Å². The van der Waals surface area contributed by atoms with Crippen molar-refractivity contribution in [2.45, 2.75) is 20.3 Å². The van der Waals surface area contributed by atoms with E-state index in [2.05, 4.69) is 48.1 Å². The molecule has 1 aromatic heterocycles. The molecule has 0 unspecified atom stereocenters. The maximum absolute atomic E-state index is 11.0. The molecule has 3 rings (SSSR count). The monoisotopic (exact) mass is 508 g/mol. The molecule has 0 spiro atoms. The van der Waals surface area contributed by atoms with Crippen LogP contribution >= 0.6 is 12.2 Å². The molecule has 1 aliphatic rings. The molecule has 2 aromatic rings. The molecule has 0 amide bonds. The van der Waals surface area contributed by atoms with Gasteiger partial charge in [-0.25, -0.2) is 0 Å². The summed E-state index contributed by atoms with van der Waals surface area (Å²) in [6, 6.07) is 6.08. The van der Waals surface area contributed by atoms with Gasteiger partial charge in [-0.1, -0.05) is 13.8 Å². The molecule has 0 bridgehead atoms. The molecule has 35 heavy (non-hydrogen) atoms. The second kappa shape index (κ2) is 14.8. The van der Waals surface area contributed by atoms with E-state index in [1.165, 1.54) is 49.4 Å². The lowest BCUT2D eigenvalue weighted by molar-refractivity contribution is -0.115. The van der Waals surface area contributed by atoms with Gasteiger partial charge in [-0.05, 0) is 45.3 Å². The summed E-state index contributed by atoms with van der Waals surface area (Å²) in [6.45, 7) is 11.8. The Morgan fingerprint density at radius 1 is 1.14 bits per heavy atom. The minimum atomic E-state index is -0.485. The summed E-state index contributed by atoms with van der Waals surface area (Å²) in [7, 11) is 9.74. The minimum Gasteiger partial charge on any atom is -0.497 e. The van der Waals surface area contributed by atoms with Crippen molar-refractivity contribution in [1.82, 2.24) is 18.7 Å². The molecule has 0 N–H and O–H groups in total. The van der Waals surface area contributed by atoms with Gasteiger partial charge < -0.3 is 24.1 Å². The summed E-state index contributed by atoms with van der Waals surface area (Å²) in [4.78, 5) is 18.0. The molecule has 0 atom stereocenters. The number of hydrogen-bond acceptors (Lipinski definition) is 8. The maximum atomic E-state index is 11.0. The van der Waals surface area contributed by atoms with Crippen LogP contribution in [0.25, 0.3) is 10.9 Å². The van der Waals surface area contributed by atoms with Crippen LogP contribution in [-0.2, 0) is 20.1 Å². The number of methoxy groups -OCH3 is 2. The van der Waals surface area contributed by atoms with Crippen LogP contribution in [0.1, 0.15) is 19.4 Å². The highest BCUT2D eigenvalue weighted by atomic mass is 32.2. The zero-order valence-electron chi connectivity index (χ0n) is 22.6. The highest BCUT2D eigenvalue weighted by Crippen LogP contribution is 2.30. The van der Waals surface area contributed by atoms with Crippen LogP contribution in [0.5, 0.6) is 5.75 Å². The number of nitrogens with zero attached hydrogens (tertiary/aromatic N) is 4. The highest BCUT2D eigenvalue weighted by molar-refractivity contribution is 7.93. The van der Waals surface area contributed by atoms with Gasteiger partial charge in [0.15, 0.2) is 0 Å². The van der Waals surface area contributed by atoms with Gasteiger partial charge in [0.25, 0.3) is 0 Å². The van der Waals surface area contributed by atoms with E-state index < -0.39 is 5.41 Å². The van der Waals surface area contributed by atoms with E-state index >= 15 is 0 Å². The summed E-state index contributed by atoms with van der Waals surface area (Å²) in [5.41, 5.74) is 1.84. The number of likely N-dealkylation sites (N-methyl/N-ethyl adjacent to an activating group) is 2. The third-order valence-corrected chi connectivity index (χ3v) is 6.67. The summed E-state index contributed by atoms with van der Waals surface area (Å²) in [5, 5.41) is 1.20. The van der Waals surface area contributed by atoms with Gasteiger partial charge in [0.05, 0.1) is 25.8 Å². The van der Waals surface area contributed by atoms with Gasteiger partial charge in [-0.15, -0.1) is 0 Å². The number of rotatable bonds is 12. The van der Waals surface area contributed by atoms with E-state index in [9.17, 15) is 4.79 Å². The number of benzene rings is 1. The fourth-order valence-corrected chi connectivity index (χ4v) is 4.41. The van der Waals surface area contributed by atoms with Crippen molar-refractivity contribution >= 4 is 29.4 Å². The lowest BCUT2D eigenvalue weighted by Crippen LogP contribution is -2.45. The van der Waals surface area contributed by atoms with Gasteiger partial charge in [-0.3, -0.25) is 13.1 Å². The number of ether oxygens (including phenoxy) is 2. The van der Waals surface area contributed by atoms with Crippen LogP contribution in [0, 0.1) is 5.41 Å². The van der Waals surface area contributed by atoms with E-state index in [0.29, 0.717) is 6.61 Å². The number of aldehydes is 1. The molecule has 1 saturated heterocycles. The molecular weight excluding hydrogens is 464 g/mol. The molecule has 1 fully saturated rings. The summed E-state index contributed by atoms with van der Waals surface area (Å²) < 4.78 is 18.1. The fraction of sp³-hybridized carbons (Fsp3) is 0.654. The first kappa shape index (κ1) is 29.6. The molecule has 198 valence electrons. The molecular formula is C26H44N4O4S. The first-order valence-corrected chi connectivity index (χ1v) is 12.9. The Labute approximate surface area is 215 Å². The SMILES string of the molecule is COCCN1CCN(C)CC1.COc1ccc2c(CCN(C)C)cn(SOCC(C)(C)C=O)c2c1.